The lowest BCUT2D eigenvalue weighted by molar-refractivity contribution is -0.142. The Morgan fingerprint density at radius 3 is 2.75 bits per heavy atom. The molecule has 1 aromatic rings. The van der Waals surface area contributed by atoms with Crippen molar-refractivity contribution in [2.75, 3.05) is 6.61 Å². The number of nitrogens with one attached hydrogen (secondary N) is 1. The zero-order valence-corrected chi connectivity index (χ0v) is 11.9. The number of nitrogens with zero attached hydrogens (tertiary/aromatic N) is 1. The number of carbonyl (C=O) groups is 1. The molecule has 0 radical (unpaired) electrons. The Morgan fingerprint density at radius 2 is 2.15 bits per heavy atom. The lowest BCUT2D eigenvalue weighted by Gasteiger charge is -2.10. The summed E-state index contributed by atoms with van der Waals surface area (Å²) >= 11 is 0. The standard InChI is InChI=1S/C15H18N2O3/c1-4-5-8-20-14(18)7-6-12-10(2)13(9-16)15(19)17-11(12)3/h4-5H,6-8H2,1-3H3,(H,17,19)/b5-4-. The molecule has 0 aromatic carbocycles. The van der Waals surface area contributed by atoms with E-state index in [1.165, 1.54) is 0 Å². The SMILES string of the molecule is C/C=C\COC(=O)CCc1c(C)[nH]c(=O)c(C#N)c1C. The topological polar surface area (TPSA) is 83.0 Å². The maximum Gasteiger partial charge on any atom is 0.306 e. The fourth-order valence-electron chi connectivity index (χ4n) is 1.96. The largest absolute Gasteiger partial charge is 0.461 e. The summed E-state index contributed by atoms with van der Waals surface area (Å²) in [6.07, 6.45) is 4.22. The quantitative estimate of drug-likeness (QED) is 0.656. The summed E-state index contributed by atoms with van der Waals surface area (Å²) in [7, 11) is 0. The van der Waals surface area contributed by atoms with Crippen molar-refractivity contribution >= 4 is 5.97 Å². The molecule has 0 spiro atoms. The van der Waals surface area contributed by atoms with Gasteiger partial charge < -0.3 is 9.72 Å². The monoisotopic (exact) mass is 274 g/mol. The van der Waals surface area contributed by atoms with Crippen LogP contribution in [0.4, 0.5) is 0 Å². The molecular weight excluding hydrogens is 256 g/mol. The van der Waals surface area contributed by atoms with Crippen molar-refractivity contribution in [1.29, 1.82) is 5.26 Å². The van der Waals surface area contributed by atoms with Crippen molar-refractivity contribution < 1.29 is 9.53 Å². The van der Waals surface area contributed by atoms with Crippen LogP contribution < -0.4 is 5.56 Å². The van der Waals surface area contributed by atoms with Gasteiger partial charge >= 0.3 is 5.97 Å². The fraction of sp³-hybridized carbons (Fsp3) is 0.400. The third-order valence-electron chi connectivity index (χ3n) is 3.08. The zero-order chi connectivity index (χ0) is 15.1. The highest BCUT2D eigenvalue weighted by Gasteiger charge is 2.13. The molecule has 106 valence electrons. The lowest BCUT2D eigenvalue weighted by atomic mass is 9.99. The first-order chi connectivity index (χ1) is 9.51. The van der Waals surface area contributed by atoms with Crippen molar-refractivity contribution in [3.63, 3.8) is 0 Å². The first-order valence-corrected chi connectivity index (χ1v) is 6.40. The van der Waals surface area contributed by atoms with Gasteiger partial charge in [0.15, 0.2) is 0 Å². The Labute approximate surface area is 117 Å². The van der Waals surface area contributed by atoms with Crippen LogP contribution >= 0.6 is 0 Å². The molecule has 0 fully saturated rings. The van der Waals surface area contributed by atoms with Crippen molar-refractivity contribution in [3.8, 4) is 6.07 Å². The van der Waals surface area contributed by atoms with Gasteiger partial charge in [-0.15, -0.1) is 0 Å². The molecule has 0 amide bonds. The van der Waals surface area contributed by atoms with Gasteiger partial charge in [0.1, 0.15) is 18.2 Å². The highest BCUT2D eigenvalue weighted by molar-refractivity contribution is 5.70. The number of hydrogen-bond acceptors (Lipinski definition) is 4. The third kappa shape index (κ3) is 3.82. The van der Waals surface area contributed by atoms with Crippen LogP contribution in [-0.2, 0) is 16.0 Å². The average Bonchev–Trinajstić information content (AvgIpc) is 2.38. The van der Waals surface area contributed by atoms with Crippen LogP contribution in [0.25, 0.3) is 0 Å². The first kappa shape index (κ1) is 15.7. The molecule has 1 heterocycles. The number of nitriles is 1. The molecular formula is C15H18N2O3. The van der Waals surface area contributed by atoms with E-state index in [2.05, 4.69) is 4.98 Å². The first-order valence-electron chi connectivity index (χ1n) is 6.40. The minimum absolute atomic E-state index is 0.105. The molecule has 0 saturated carbocycles. The molecule has 0 aliphatic heterocycles. The summed E-state index contributed by atoms with van der Waals surface area (Å²) in [6.45, 7) is 5.60. The van der Waals surface area contributed by atoms with E-state index in [9.17, 15) is 9.59 Å². The van der Waals surface area contributed by atoms with Crippen LogP contribution in [0.15, 0.2) is 16.9 Å². The number of aryl methyl sites for hydroxylation is 1. The number of aromatic nitrogens is 1. The number of esters is 1. The summed E-state index contributed by atoms with van der Waals surface area (Å²) in [5.41, 5.74) is 1.86. The maximum absolute atomic E-state index is 11.6. The summed E-state index contributed by atoms with van der Waals surface area (Å²) in [5.74, 6) is -0.299. The van der Waals surface area contributed by atoms with Crippen LogP contribution in [0.3, 0.4) is 0 Å². The van der Waals surface area contributed by atoms with Gasteiger partial charge in [0.2, 0.25) is 0 Å². The Hall–Kier alpha value is -2.35. The minimum Gasteiger partial charge on any atom is -0.461 e. The number of pyridine rings is 1. The summed E-state index contributed by atoms with van der Waals surface area (Å²) in [6, 6.07) is 1.89. The van der Waals surface area contributed by atoms with E-state index in [1.807, 2.05) is 19.1 Å². The molecule has 0 unspecified atom stereocenters. The number of hydrogen-bond donors (Lipinski definition) is 1. The van der Waals surface area contributed by atoms with E-state index in [0.717, 1.165) is 5.56 Å². The fourth-order valence-corrected chi connectivity index (χ4v) is 1.96. The van der Waals surface area contributed by atoms with Crippen molar-refractivity contribution in [3.05, 3.63) is 44.9 Å². The smallest absolute Gasteiger partial charge is 0.306 e. The van der Waals surface area contributed by atoms with E-state index < -0.39 is 0 Å². The lowest BCUT2D eigenvalue weighted by Crippen LogP contribution is -2.17. The van der Waals surface area contributed by atoms with Crippen molar-refractivity contribution in [1.82, 2.24) is 4.98 Å². The van der Waals surface area contributed by atoms with Gasteiger partial charge in [-0.1, -0.05) is 12.2 Å². The number of ether oxygens (including phenoxy) is 1. The molecule has 5 nitrogen and oxygen atoms in total. The number of allylic oxidation sites excluding steroid dienone is 1. The highest BCUT2D eigenvalue weighted by atomic mass is 16.5. The predicted molar refractivity (Wildman–Crippen MR) is 75.3 cm³/mol. The molecule has 1 aromatic heterocycles. The predicted octanol–water partition coefficient (Wildman–Crippen LogP) is 1.92. The number of aromatic amines is 1. The Bertz CT molecular complexity index is 621. The van der Waals surface area contributed by atoms with Gasteiger partial charge in [-0.25, -0.2) is 0 Å². The molecule has 0 saturated heterocycles. The molecule has 0 aliphatic carbocycles. The molecule has 0 aliphatic rings. The van der Waals surface area contributed by atoms with Gasteiger partial charge in [-0.3, -0.25) is 9.59 Å². The summed E-state index contributed by atoms with van der Waals surface area (Å²) < 4.78 is 5.00. The van der Waals surface area contributed by atoms with E-state index in [0.29, 0.717) is 17.7 Å². The molecule has 5 heteroatoms. The summed E-state index contributed by atoms with van der Waals surface area (Å²) in [4.78, 5) is 25.8. The van der Waals surface area contributed by atoms with Gasteiger partial charge in [0, 0.05) is 12.1 Å². The second-order valence-corrected chi connectivity index (χ2v) is 4.42. The normalized spacial score (nSPS) is 10.5. The number of H-pyrrole nitrogens is 1. The molecule has 0 atom stereocenters. The highest BCUT2D eigenvalue weighted by Crippen LogP contribution is 2.15. The molecule has 0 bridgehead atoms. The van der Waals surface area contributed by atoms with Crippen LogP contribution in [0.5, 0.6) is 0 Å². The Morgan fingerprint density at radius 1 is 1.45 bits per heavy atom. The molecule has 1 N–H and O–H groups in total. The van der Waals surface area contributed by atoms with Crippen molar-refractivity contribution in [2.45, 2.75) is 33.6 Å². The van der Waals surface area contributed by atoms with E-state index in [4.69, 9.17) is 10.00 Å². The average molecular weight is 274 g/mol. The van der Waals surface area contributed by atoms with Gasteiger partial charge in [0.25, 0.3) is 5.56 Å². The van der Waals surface area contributed by atoms with E-state index >= 15 is 0 Å². The van der Waals surface area contributed by atoms with Crippen molar-refractivity contribution in [2.24, 2.45) is 0 Å². The van der Waals surface area contributed by atoms with Gasteiger partial charge in [-0.2, -0.15) is 5.26 Å². The van der Waals surface area contributed by atoms with E-state index in [1.54, 1.807) is 19.9 Å². The number of carbonyl (C=O) groups excluding carboxylic acids is 1. The maximum atomic E-state index is 11.6. The Balaban J connectivity index is 2.81. The summed E-state index contributed by atoms with van der Waals surface area (Å²) in [5, 5.41) is 8.97. The number of rotatable bonds is 5. The Kier molecular flexibility index (Phi) is 5.73. The van der Waals surface area contributed by atoms with Crippen LogP contribution in [-0.4, -0.2) is 17.6 Å². The zero-order valence-electron chi connectivity index (χ0n) is 11.9. The van der Waals surface area contributed by atoms with Crippen LogP contribution in [0.1, 0.15) is 35.7 Å². The van der Waals surface area contributed by atoms with Gasteiger partial charge in [0.05, 0.1) is 0 Å². The second-order valence-electron chi connectivity index (χ2n) is 4.42. The third-order valence-corrected chi connectivity index (χ3v) is 3.08. The van der Waals surface area contributed by atoms with E-state index in [-0.39, 0.29) is 30.1 Å². The molecule has 20 heavy (non-hydrogen) atoms. The van der Waals surface area contributed by atoms with Crippen LogP contribution in [0.2, 0.25) is 0 Å². The molecule has 1 rings (SSSR count). The van der Waals surface area contributed by atoms with Gasteiger partial charge in [-0.05, 0) is 38.3 Å². The van der Waals surface area contributed by atoms with Crippen LogP contribution in [0, 0.1) is 25.2 Å². The second kappa shape index (κ2) is 7.29. The minimum atomic E-state index is -0.387.